The van der Waals surface area contributed by atoms with E-state index < -0.39 is 0 Å². The summed E-state index contributed by atoms with van der Waals surface area (Å²) in [4.78, 5) is 0. The summed E-state index contributed by atoms with van der Waals surface area (Å²) in [6.07, 6.45) is 29.6. The maximum absolute atomic E-state index is 4.12. The van der Waals surface area contributed by atoms with Gasteiger partial charge in [-0.2, -0.15) is 0 Å². The van der Waals surface area contributed by atoms with Gasteiger partial charge in [0.05, 0.1) is 0 Å². The van der Waals surface area contributed by atoms with E-state index in [1.165, 1.54) is 116 Å². The molecule has 0 fully saturated rings. The van der Waals surface area contributed by atoms with Crippen LogP contribution in [0.25, 0.3) is 0 Å². The topological polar surface area (TPSA) is 0 Å². The molecule has 0 nitrogen and oxygen atoms in total. The first-order valence-electron chi connectivity index (χ1n) is 12.0. The molecule has 0 radical (unpaired) electrons. The van der Waals surface area contributed by atoms with Crippen molar-refractivity contribution in [2.45, 2.75) is 129 Å². The summed E-state index contributed by atoms with van der Waals surface area (Å²) in [6, 6.07) is 0. The molecule has 154 valence electrons. The fraction of sp³-hybridized carbons (Fsp3) is 0.846. The lowest BCUT2D eigenvalue weighted by Gasteiger charge is -2.21. The monoisotopic (exact) mass is 362 g/mol. The van der Waals surface area contributed by atoms with E-state index in [0.29, 0.717) is 11.8 Å². The number of rotatable bonds is 21. The minimum atomic E-state index is 0.650. The van der Waals surface area contributed by atoms with Gasteiger partial charge in [-0.05, 0) is 24.7 Å². The van der Waals surface area contributed by atoms with Crippen LogP contribution >= 0.6 is 0 Å². The molecule has 0 spiro atoms. The summed E-state index contributed by atoms with van der Waals surface area (Å²) in [5, 5.41) is 0. The largest absolute Gasteiger partial charge is 0.103 e. The Hall–Kier alpha value is -0.520. The summed E-state index contributed by atoms with van der Waals surface area (Å²) in [5.41, 5.74) is 0. The zero-order valence-electron chi connectivity index (χ0n) is 18.5. The van der Waals surface area contributed by atoms with Crippen molar-refractivity contribution in [3.63, 3.8) is 0 Å². The molecule has 0 N–H and O–H groups in total. The maximum atomic E-state index is 4.12. The average Bonchev–Trinajstić information content (AvgIpc) is 2.66. The van der Waals surface area contributed by atoms with Crippen molar-refractivity contribution in [2.24, 2.45) is 11.8 Å². The number of allylic oxidation sites excluding steroid dienone is 2. The van der Waals surface area contributed by atoms with Crippen LogP contribution in [0.1, 0.15) is 129 Å². The summed E-state index contributed by atoms with van der Waals surface area (Å²) < 4.78 is 0. The van der Waals surface area contributed by atoms with Crippen molar-refractivity contribution in [1.29, 1.82) is 0 Å². The van der Waals surface area contributed by atoms with Crippen molar-refractivity contribution in [3.8, 4) is 0 Å². The van der Waals surface area contributed by atoms with Gasteiger partial charge in [-0.3, -0.25) is 0 Å². The van der Waals surface area contributed by atoms with Crippen LogP contribution in [-0.2, 0) is 0 Å². The molecular weight excluding hydrogens is 312 g/mol. The van der Waals surface area contributed by atoms with Gasteiger partial charge in [0.25, 0.3) is 0 Å². The highest BCUT2D eigenvalue weighted by Crippen LogP contribution is 2.27. The van der Waals surface area contributed by atoms with Crippen LogP contribution in [0.15, 0.2) is 25.3 Å². The Kier molecular flexibility index (Phi) is 20.4. The Morgan fingerprint density at radius 3 is 1.00 bits per heavy atom. The van der Waals surface area contributed by atoms with Crippen LogP contribution in [0.5, 0.6) is 0 Å². The molecule has 26 heavy (non-hydrogen) atoms. The number of hydrogen-bond donors (Lipinski definition) is 0. The molecule has 0 heteroatoms. The van der Waals surface area contributed by atoms with E-state index in [9.17, 15) is 0 Å². The van der Waals surface area contributed by atoms with Crippen LogP contribution in [0.4, 0.5) is 0 Å². The predicted octanol–water partition coefficient (Wildman–Crippen LogP) is 9.65. The van der Waals surface area contributed by atoms with E-state index in [-0.39, 0.29) is 0 Å². The number of unbranched alkanes of at least 4 members (excludes halogenated alkanes) is 14. The van der Waals surface area contributed by atoms with E-state index in [2.05, 4.69) is 39.2 Å². The van der Waals surface area contributed by atoms with Crippen LogP contribution in [0.3, 0.4) is 0 Å². The second-order valence-electron chi connectivity index (χ2n) is 8.33. The molecule has 2 unspecified atom stereocenters. The average molecular weight is 363 g/mol. The lowest BCUT2D eigenvalue weighted by molar-refractivity contribution is 0.387. The van der Waals surface area contributed by atoms with Crippen molar-refractivity contribution in [3.05, 3.63) is 25.3 Å². The minimum absolute atomic E-state index is 0.650. The quantitative estimate of drug-likeness (QED) is 0.141. The second kappa shape index (κ2) is 20.8. The molecule has 0 aromatic heterocycles. The first kappa shape index (κ1) is 25.5. The molecule has 0 aliphatic heterocycles. The van der Waals surface area contributed by atoms with Gasteiger partial charge < -0.3 is 0 Å². The van der Waals surface area contributed by atoms with E-state index in [4.69, 9.17) is 0 Å². The van der Waals surface area contributed by atoms with Crippen molar-refractivity contribution in [2.75, 3.05) is 0 Å². The molecule has 0 heterocycles. The van der Waals surface area contributed by atoms with Gasteiger partial charge in [-0.15, -0.1) is 13.2 Å². The molecule has 0 rings (SSSR count). The molecule has 0 bridgehead atoms. The molecule has 2 atom stereocenters. The normalized spacial score (nSPS) is 13.5. The lowest BCUT2D eigenvalue weighted by atomic mass is 9.84. The van der Waals surface area contributed by atoms with E-state index >= 15 is 0 Å². The second-order valence-corrected chi connectivity index (χ2v) is 8.33. The van der Waals surface area contributed by atoms with Gasteiger partial charge in [-0.1, -0.05) is 129 Å². The molecule has 0 aromatic carbocycles. The van der Waals surface area contributed by atoms with E-state index in [1.807, 2.05) is 0 Å². The first-order chi connectivity index (χ1) is 12.8. The smallest absolute Gasteiger partial charge is 0.0173 e. The Bertz CT molecular complexity index is 260. The highest BCUT2D eigenvalue weighted by Gasteiger charge is 2.14. The summed E-state index contributed by atoms with van der Waals surface area (Å²) in [7, 11) is 0. The fourth-order valence-electron chi connectivity index (χ4n) is 4.04. The molecule has 0 aromatic rings. The Balaban J connectivity index is 3.71. The van der Waals surface area contributed by atoms with Gasteiger partial charge in [0.1, 0.15) is 0 Å². The van der Waals surface area contributed by atoms with Crippen LogP contribution in [0.2, 0.25) is 0 Å². The van der Waals surface area contributed by atoms with E-state index in [0.717, 1.165) is 0 Å². The zero-order valence-corrected chi connectivity index (χ0v) is 18.5. The molecule has 0 aliphatic rings. The standard InChI is InChI=1S/C26H50/c1-5-9-11-13-15-17-19-21-23-25(7-3)26(8-4)24-22-20-18-16-14-12-10-6-2/h7-8,25-26H,3-6,9-24H2,1-2H3. The Labute approximate surface area is 166 Å². The van der Waals surface area contributed by atoms with Gasteiger partial charge >= 0.3 is 0 Å². The van der Waals surface area contributed by atoms with Crippen molar-refractivity contribution < 1.29 is 0 Å². The highest BCUT2D eigenvalue weighted by atomic mass is 14.2. The Morgan fingerprint density at radius 1 is 0.462 bits per heavy atom. The summed E-state index contributed by atoms with van der Waals surface area (Å²) in [6.45, 7) is 12.8. The SMILES string of the molecule is C=CC(CCCCCCCCCC)C(C=C)CCCCCCCCCC. The van der Waals surface area contributed by atoms with Gasteiger partial charge in [0.15, 0.2) is 0 Å². The highest BCUT2D eigenvalue weighted by molar-refractivity contribution is 4.92. The van der Waals surface area contributed by atoms with E-state index in [1.54, 1.807) is 0 Å². The molecule has 0 saturated carbocycles. The molecule has 0 aliphatic carbocycles. The van der Waals surface area contributed by atoms with Crippen molar-refractivity contribution in [1.82, 2.24) is 0 Å². The molecule has 0 amide bonds. The third kappa shape index (κ3) is 15.7. The third-order valence-electron chi connectivity index (χ3n) is 5.94. The predicted molar refractivity (Wildman–Crippen MR) is 122 cm³/mol. The Morgan fingerprint density at radius 2 is 0.731 bits per heavy atom. The van der Waals surface area contributed by atoms with Gasteiger partial charge in [0.2, 0.25) is 0 Å². The minimum Gasteiger partial charge on any atom is -0.103 e. The van der Waals surface area contributed by atoms with Crippen LogP contribution < -0.4 is 0 Å². The van der Waals surface area contributed by atoms with Crippen LogP contribution in [-0.4, -0.2) is 0 Å². The summed E-state index contributed by atoms with van der Waals surface area (Å²) >= 11 is 0. The van der Waals surface area contributed by atoms with Crippen LogP contribution in [0, 0.1) is 11.8 Å². The van der Waals surface area contributed by atoms with Crippen molar-refractivity contribution >= 4 is 0 Å². The maximum Gasteiger partial charge on any atom is -0.0173 e. The van der Waals surface area contributed by atoms with Gasteiger partial charge in [-0.25, -0.2) is 0 Å². The fourth-order valence-corrected chi connectivity index (χ4v) is 4.04. The summed E-state index contributed by atoms with van der Waals surface area (Å²) in [5.74, 6) is 1.30. The third-order valence-corrected chi connectivity index (χ3v) is 5.94. The zero-order chi connectivity index (χ0) is 19.3. The molecular formula is C26H50. The number of hydrogen-bond acceptors (Lipinski definition) is 0. The van der Waals surface area contributed by atoms with Gasteiger partial charge in [0, 0.05) is 0 Å². The molecule has 0 saturated heterocycles. The lowest BCUT2D eigenvalue weighted by Crippen LogP contribution is -2.10. The first-order valence-corrected chi connectivity index (χ1v) is 12.0.